The lowest BCUT2D eigenvalue weighted by molar-refractivity contribution is -0.127. The molecule has 1 aromatic carbocycles. The first-order valence-corrected chi connectivity index (χ1v) is 11.1. The van der Waals surface area contributed by atoms with Crippen LogP contribution in [0.4, 0.5) is 0 Å². The zero-order valence-electron chi connectivity index (χ0n) is 15.8. The third kappa shape index (κ3) is 4.48. The number of nitrogens with zero attached hydrogens (tertiary/aromatic N) is 2. The molecule has 27 heavy (non-hydrogen) atoms. The van der Waals surface area contributed by atoms with Gasteiger partial charge in [-0.05, 0) is 62.2 Å². The van der Waals surface area contributed by atoms with Gasteiger partial charge in [-0.3, -0.25) is 4.79 Å². The lowest BCUT2D eigenvalue weighted by atomic mass is 10.1. The lowest BCUT2D eigenvalue weighted by Crippen LogP contribution is -2.50. The largest absolute Gasteiger partial charge is 0.337 e. The van der Waals surface area contributed by atoms with Gasteiger partial charge in [-0.25, -0.2) is 8.42 Å². The van der Waals surface area contributed by atoms with Crippen LogP contribution in [0.3, 0.4) is 0 Å². The molecule has 2 aromatic rings. The summed E-state index contributed by atoms with van der Waals surface area (Å²) in [6, 6.07) is 9.21. The molecular formula is C20H24N2O3S2. The van der Waals surface area contributed by atoms with E-state index in [1.54, 1.807) is 34.4 Å². The number of amides is 1. The topological polar surface area (TPSA) is 57.7 Å². The maximum Gasteiger partial charge on any atom is 0.246 e. The predicted octanol–water partition coefficient (Wildman–Crippen LogP) is 3.22. The number of sulfonamides is 1. The SMILES string of the molecule is Cc1ccc(/C=C/C(=O)N2CCN(S(=O)(=O)c3ccc(C)c(C)c3)CC2)s1. The van der Waals surface area contributed by atoms with Gasteiger partial charge in [-0.15, -0.1) is 11.3 Å². The summed E-state index contributed by atoms with van der Waals surface area (Å²) in [7, 11) is -3.52. The first kappa shape index (κ1) is 19.8. The highest BCUT2D eigenvalue weighted by molar-refractivity contribution is 7.89. The summed E-state index contributed by atoms with van der Waals surface area (Å²) < 4.78 is 27.2. The van der Waals surface area contributed by atoms with Crippen LogP contribution in [0.25, 0.3) is 6.08 Å². The Morgan fingerprint density at radius 2 is 1.70 bits per heavy atom. The second kappa shape index (κ2) is 7.96. The standard InChI is InChI=1S/C20H24N2O3S2/c1-15-4-8-19(14-16(15)2)27(24,25)22-12-10-21(11-13-22)20(23)9-7-18-6-5-17(3)26-18/h4-9,14H,10-13H2,1-3H3/b9-7+. The fourth-order valence-corrected chi connectivity index (χ4v) is 5.26. The smallest absolute Gasteiger partial charge is 0.246 e. The Balaban J connectivity index is 1.63. The quantitative estimate of drug-likeness (QED) is 0.735. The second-order valence-corrected chi connectivity index (χ2v) is 10.0. The Labute approximate surface area is 165 Å². The number of hydrogen-bond acceptors (Lipinski definition) is 4. The van der Waals surface area contributed by atoms with Gasteiger partial charge in [-0.1, -0.05) is 6.07 Å². The Hall–Kier alpha value is -1.96. The van der Waals surface area contributed by atoms with Crippen molar-refractivity contribution in [2.24, 2.45) is 0 Å². The molecule has 0 atom stereocenters. The molecule has 1 amide bonds. The van der Waals surface area contributed by atoms with E-state index in [4.69, 9.17) is 0 Å². The molecule has 1 aromatic heterocycles. The normalized spacial score (nSPS) is 16.2. The molecule has 144 valence electrons. The predicted molar refractivity (Wildman–Crippen MR) is 109 cm³/mol. The van der Waals surface area contributed by atoms with Crippen LogP contribution in [0.2, 0.25) is 0 Å². The Kier molecular flexibility index (Phi) is 5.83. The van der Waals surface area contributed by atoms with Crippen molar-refractivity contribution >= 4 is 33.3 Å². The van der Waals surface area contributed by atoms with Crippen LogP contribution in [0, 0.1) is 20.8 Å². The van der Waals surface area contributed by atoms with Crippen molar-refractivity contribution in [2.75, 3.05) is 26.2 Å². The van der Waals surface area contributed by atoms with Gasteiger partial charge in [0.2, 0.25) is 15.9 Å². The minimum Gasteiger partial charge on any atom is -0.337 e. The molecule has 0 N–H and O–H groups in total. The van der Waals surface area contributed by atoms with E-state index < -0.39 is 10.0 Å². The van der Waals surface area contributed by atoms with Gasteiger partial charge >= 0.3 is 0 Å². The maximum absolute atomic E-state index is 12.9. The first-order chi connectivity index (χ1) is 12.8. The van der Waals surface area contributed by atoms with Crippen LogP contribution in [0.5, 0.6) is 0 Å². The molecule has 0 radical (unpaired) electrons. The van der Waals surface area contributed by atoms with Gasteiger partial charge in [0.25, 0.3) is 0 Å². The third-order valence-electron chi connectivity index (χ3n) is 4.82. The van der Waals surface area contributed by atoms with Gasteiger partial charge in [-0.2, -0.15) is 4.31 Å². The van der Waals surface area contributed by atoms with Crippen molar-refractivity contribution < 1.29 is 13.2 Å². The fourth-order valence-electron chi connectivity index (χ4n) is 2.97. The Bertz CT molecular complexity index is 969. The van der Waals surface area contributed by atoms with E-state index in [9.17, 15) is 13.2 Å². The van der Waals surface area contributed by atoms with Crippen molar-refractivity contribution in [1.29, 1.82) is 0 Å². The summed E-state index contributed by atoms with van der Waals surface area (Å²) in [5, 5.41) is 0. The number of hydrogen-bond donors (Lipinski definition) is 0. The molecule has 3 rings (SSSR count). The number of carbonyl (C=O) groups is 1. The van der Waals surface area contributed by atoms with Crippen molar-refractivity contribution in [3.8, 4) is 0 Å². The van der Waals surface area contributed by atoms with E-state index in [0.29, 0.717) is 31.1 Å². The monoisotopic (exact) mass is 404 g/mol. The van der Waals surface area contributed by atoms with E-state index in [0.717, 1.165) is 16.0 Å². The van der Waals surface area contributed by atoms with Crippen LogP contribution in [0.15, 0.2) is 41.3 Å². The number of aryl methyl sites for hydroxylation is 3. The molecule has 5 nitrogen and oxygen atoms in total. The van der Waals surface area contributed by atoms with Crippen LogP contribution in [0.1, 0.15) is 20.9 Å². The summed E-state index contributed by atoms with van der Waals surface area (Å²) >= 11 is 1.63. The van der Waals surface area contributed by atoms with E-state index >= 15 is 0 Å². The number of carbonyl (C=O) groups excluding carboxylic acids is 1. The molecule has 1 fully saturated rings. The molecule has 0 bridgehead atoms. The minimum atomic E-state index is -3.52. The van der Waals surface area contributed by atoms with Gasteiger partial charge in [0.05, 0.1) is 4.90 Å². The molecule has 0 unspecified atom stereocenters. The van der Waals surface area contributed by atoms with Crippen LogP contribution < -0.4 is 0 Å². The zero-order valence-corrected chi connectivity index (χ0v) is 17.4. The highest BCUT2D eigenvalue weighted by Gasteiger charge is 2.29. The number of piperazine rings is 1. The average molecular weight is 405 g/mol. The molecule has 0 aliphatic carbocycles. The average Bonchev–Trinajstić information content (AvgIpc) is 3.07. The fraction of sp³-hybridized carbons (Fsp3) is 0.350. The minimum absolute atomic E-state index is 0.0794. The van der Waals surface area contributed by atoms with Crippen LogP contribution in [-0.2, 0) is 14.8 Å². The van der Waals surface area contributed by atoms with E-state index in [2.05, 4.69) is 0 Å². The molecule has 0 spiro atoms. The van der Waals surface area contributed by atoms with Crippen molar-refractivity contribution in [1.82, 2.24) is 9.21 Å². The number of thiophene rings is 1. The summed E-state index contributed by atoms with van der Waals surface area (Å²) in [5.41, 5.74) is 2.02. The molecule has 2 heterocycles. The van der Waals surface area contributed by atoms with E-state index in [-0.39, 0.29) is 5.91 Å². The molecule has 7 heteroatoms. The van der Waals surface area contributed by atoms with Crippen LogP contribution in [-0.4, -0.2) is 49.7 Å². The zero-order chi connectivity index (χ0) is 19.6. The summed E-state index contributed by atoms with van der Waals surface area (Å²) in [5.74, 6) is -0.0794. The molecule has 0 saturated carbocycles. The second-order valence-electron chi connectivity index (χ2n) is 6.76. The molecular weight excluding hydrogens is 380 g/mol. The van der Waals surface area contributed by atoms with Gasteiger partial charge < -0.3 is 4.90 Å². The highest BCUT2D eigenvalue weighted by atomic mass is 32.2. The van der Waals surface area contributed by atoms with Gasteiger partial charge in [0, 0.05) is 42.0 Å². The lowest BCUT2D eigenvalue weighted by Gasteiger charge is -2.33. The maximum atomic E-state index is 12.9. The van der Waals surface area contributed by atoms with Gasteiger partial charge in [0.15, 0.2) is 0 Å². The summed E-state index contributed by atoms with van der Waals surface area (Å²) in [6.07, 6.45) is 3.39. The summed E-state index contributed by atoms with van der Waals surface area (Å²) in [4.78, 5) is 16.6. The Morgan fingerprint density at radius 1 is 1.00 bits per heavy atom. The van der Waals surface area contributed by atoms with Gasteiger partial charge in [0.1, 0.15) is 0 Å². The number of benzene rings is 1. The highest BCUT2D eigenvalue weighted by Crippen LogP contribution is 2.21. The third-order valence-corrected chi connectivity index (χ3v) is 7.68. The number of rotatable bonds is 4. The van der Waals surface area contributed by atoms with Crippen LogP contribution >= 0.6 is 11.3 Å². The van der Waals surface area contributed by atoms with Crippen molar-refractivity contribution in [2.45, 2.75) is 25.7 Å². The van der Waals surface area contributed by atoms with Crippen molar-refractivity contribution in [3.63, 3.8) is 0 Å². The molecule has 1 saturated heterocycles. The summed E-state index contributed by atoms with van der Waals surface area (Å²) in [6.45, 7) is 7.32. The van der Waals surface area contributed by atoms with Crippen molar-refractivity contribution in [3.05, 3.63) is 57.3 Å². The van der Waals surface area contributed by atoms with E-state index in [1.807, 2.05) is 45.0 Å². The molecule has 1 aliphatic heterocycles. The van der Waals surface area contributed by atoms with E-state index in [1.165, 1.54) is 9.18 Å². The molecule has 1 aliphatic rings. The Morgan fingerprint density at radius 3 is 2.30 bits per heavy atom. The first-order valence-electron chi connectivity index (χ1n) is 8.88.